The number of ether oxygens (including phenoxy) is 1. The Morgan fingerprint density at radius 3 is 2.17 bits per heavy atom. The smallest absolute Gasteiger partial charge is 0.323 e. The van der Waals surface area contributed by atoms with Gasteiger partial charge in [0.1, 0.15) is 11.6 Å². The van der Waals surface area contributed by atoms with Gasteiger partial charge in [-0.25, -0.2) is 0 Å². The zero-order valence-corrected chi connectivity index (χ0v) is 13.2. The molecular formula is C15H31NO2. The van der Waals surface area contributed by atoms with Gasteiger partial charge in [-0.3, -0.25) is 4.79 Å². The van der Waals surface area contributed by atoms with Gasteiger partial charge in [0.2, 0.25) is 0 Å². The molecule has 0 aliphatic rings. The van der Waals surface area contributed by atoms with Crippen LogP contribution in [0, 0.1) is 5.92 Å². The molecule has 0 saturated carbocycles. The largest absolute Gasteiger partial charge is 0.459 e. The van der Waals surface area contributed by atoms with Crippen molar-refractivity contribution in [3.05, 3.63) is 0 Å². The van der Waals surface area contributed by atoms with Gasteiger partial charge in [-0.2, -0.15) is 0 Å². The fraction of sp³-hybridized carbons (Fsp3) is 0.933. The molecule has 2 unspecified atom stereocenters. The summed E-state index contributed by atoms with van der Waals surface area (Å²) in [5, 5.41) is 3.40. The van der Waals surface area contributed by atoms with Gasteiger partial charge in [0.05, 0.1) is 0 Å². The Hall–Kier alpha value is -0.570. The summed E-state index contributed by atoms with van der Waals surface area (Å²) in [6.45, 7) is 14.3. The average Bonchev–Trinajstić information content (AvgIpc) is 2.12. The minimum atomic E-state index is -0.411. The van der Waals surface area contributed by atoms with Crippen LogP contribution in [0.15, 0.2) is 0 Å². The van der Waals surface area contributed by atoms with E-state index in [1.807, 2.05) is 20.8 Å². The minimum absolute atomic E-state index is 0.125. The van der Waals surface area contributed by atoms with Crippen molar-refractivity contribution in [1.82, 2.24) is 5.32 Å². The Bertz CT molecular complexity index is 243. The summed E-state index contributed by atoms with van der Waals surface area (Å²) < 4.78 is 5.46. The van der Waals surface area contributed by atoms with Crippen molar-refractivity contribution >= 4 is 5.97 Å². The third-order valence-corrected chi connectivity index (χ3v) is 2.58. The van der Waals surface area contributed by atoms with Crippen LogP contribution in [0.25, 0.3) is 0 Å². The van der Waals surface area contributed by atoms with E-state index in [0.29, 0.717) is 12.0 Å². The predicted molar refractivity (Wildman–Crippen MR) is 76.6 cm³/mol. The first kappa shape index (κ1) is 17.4. The molecule has 3 heteroatoms. The van der Waals surface area contributed by atoms with Crippen LogP contribution < -0.4 is 5.32 Å². The van der Waals surface area contributed by atoms with E-state index in [9.17, 15) is 4.79 Å². The number of carbonyl (C=O) groups is 1. The second-order valence-corrected chi connectivity index (χ2v) is 6.57. The first-order valence-corrected chi connectivity index (χ1v) is 7.14. The molecule has 0 radical (unpaired) electrons. The Morgan fingerprint density at radius 2 is 1.78 bits per heavy atom. The highest BCUT2D eigenvalue weighted by Crippen LogP contribution is 2.12. The topological polar surface area (TPSA) is 38.3 Å². The van der Waals surface area contributed by atoms with E-state index in [1.54, 1.807) is 0 Å². The maximum Gasteiger partial charge on any atom is 0.323 e. The standard InChI is InChI=1S/C15H31NO2/c1-8-9-13(14(17)18-15(5,6)7)16-12(4)10-11(2)3/h11-13,16H,8-10H2,1-7H3. The molecule has 0 aromatic rings. The van der Waals surface area contributed by atoms with Gasteiger partial charge in [0.25, 0.3) is 0 Å². The van der Waals surface area contributed by atoms with Crippen molar-refractivity contribution in [1.29, 1.82) is 0 Å². The normalized spacial score (nSPS) is 15.6. The van der Waals surface area contributed by atoms with E-state index in [1.165, 1.54) is 0 Å². The molecule has 0 aliphatic carbocycles. The van der Waals surface area contributed by atoms with Crippen LogP contribution in [-0.2, 0) is 9.53 Å². The zero-order valence-electron chi connectivity index (χ0n) is 13.2. The highest BCUT2D eigenvalue weighted by atomic mass is 16.6. The van der Waals surface area contributed by atoms with Gasteiger partial charge in [0.15, 0.2) is 0 Å². The van der Waals surface area contributed by atoms with Crippen molar-refractivity contribution in [2.75, 3.05) is 0 Å². The van der Waals surface area contributed by atoms with E-state index in [0.717, 1.165) is 19.3 Å². The molecule has 0 bridgehead atoms. The lowest BCUT2D eigenvalue weighted by atomic mass is 10.0. The molecule has 0 aromatic carbocycles. The number of rotatable bonds is 7. The second kappa shape index (κ2) is 7.78. The monoisotopic (exact) mass is 257 g/mol. The minimum Gasteiger partial charge on any atom is -0.459 e. The number of carbonyl (C=O) groups excluding carboxylic acids is 1. The van der Waals surface area contributed by atoms with Crippen LogP contribution in [0.5, 0.6) is 0 Å². The summed E-state index contributed by atoms with van der Waals surface area (Å²) in [6, 6.07) is 0.164. The van der Waals surface area contributed by atoms with Crippen molar-refractivity contribution in [3.63, 3.8) is 0 Å². The fourth-order valence-corrected chi connectivity index (χ4v) is 2.05. The van der Waals surface area contributed by atoms with Crippen LogP contribution >= 0.6 is 0 Å². The van der Waals surface area contributed by atoms with Crippen molar-refractivity contribution < 1.29 is 9.53 Å². The highest BCUT2D eigenvalue weighted by Gasteiger charge is 2.25. The van der Waals surface area contributed by atoms with Gasteiger partial charge in [-0.15, -0.1) is 0 Å². The molecule has 0 amide bonds. The summed E-state index contributed by atoms with van der Waals surface area (Å²) in [5.41, 5.74) is -0.411. The van der Waals surface area contributed by atoms with E-state index in [-0.39, 0.29) is 12.0 Å². The molecule has 0 heterocycles. The average molecular weight is 257 g/mol. The lowest BCUT2D eigenvalue weighted by Gasteiger charge is -2.27. The molecule has 0 aliphatic heterocycles. The maximum atomic E-state index is 12.1. The van der Waals surface area contributed by atoms with Crippen LogP contribution in [0.2, 0.25) is 0 Å². The first-order valence-electron chi connectivity index (χ1n) is 7.14. The summed E-state index contributed by atoms with van der Waals surface area (Å²) >= 11 is 0. The van der Waals surface area contributed by atoms with E-state index in [2.05, 4.69) is 33.0 Å². The molecule has 3 nitrogen and oxygen atoms in total. The summed E-state index contributed by atoms with van der Waals surface area (Å²) in [5.74, 6) is 0.508. The molecule has 108 valence electrons. The van der Waals surface area contributed by atoms with Crippen molar-refractivity contribution in [2.24, 2.45) is 5.92 Å². The predicted octanol–water partition coefficient (Wildman–Crippen LogP) is 3.52. The molecule has 0 fully saturated rings. The van der Waals surface area contributed by atoms with Crippen molar-refractivity contribution in [2.45, 2.75) is 85.4 Å². The zero-order chi connectivity index (χ0) is 14.3. The SMILES string of the molecule is CCCC(NC(C)CC(C)C)C(=O)OC(C)(C)C. The Morgan fingerprint density at radius 1 is 1.22 bits per heavy atom. The van der Waals surface area contributed by atoms with E-state index < -0.39 is 5.60 Å². The van der Waals surface area contributed by atoms with Gasteiger partial charge in [-0.05, 0) is 46.5 Å². The molecule has 0 spiro atoms. The highest BCUT2D eigenvalue weighted by molar-refractivity contribution is 5.76. The Labute approximate surface area is 113 Å². The fourth-order valence-electron chi connectivity index (χ4n) is 2.05. The Balaban J connectivity index is 4.41. The number of esters is 1. The molecule has 0 rings (SSSR count). The first-order chi connectivity index (χ1) is 8.15. The third kappa shape index (κ3) is 8.51. The van der Waals surface area contributed by atoms with Crippen LogP contribution in [0.1, 0.15) is 67.7 Å². The number of hydrogen-bond acceptors (Lipinski definition) is 3. The quantitative estimate of drug-likeness (QED) is 0.709. The van der Waals surface area contributed by atoms with Crippen LogP contribution in [0.3, 0.4) is 0 Å². The molecule has 1 N–H and O–H groups in total. The van der Waals surface area contributed by atoms with Crippen LogP contribution in [0.4, 0.5) is 0 Å². The van der Waals surface area contributed by atoms with E-state index >= 15 is 0 Å². The summed E-state index contributed by atoms with van der Waals surface area (Å²) in [4.78, 5) is 12.1. The van der Waals surface area contributed by atoms with Crippen LogP contribution in [-0.4, -0.2) is 23.7 Å². The molecule has 18 heavy (non-hydrogen) atoms. The molecule has 0 aromatic heterocycles. The number of hydrogen-bond donors (Lipinski definition) is 1. The van der Waals surface area contributed by atoms with Crippen molar-refractivity contribution in [3.8, 4) is 0 Å². The van der Waals surface area contributed by atoms with Gasteiger partial charge in [0, 0.05) is 6.04 Å². The molecule has 2 atom stereocenters. The maximum absolute atomic E-state index is 12.1. The van der Waals surface area contributed by atoms with Gasteiger partial charge in [-0.1, -0.05) is 27.2 Å². The summed E-state index contributed by atoms with van der Waals surface area (Å²) in [7, 11) is 0. The second-order valence-electron chi connectivity index (χ2n) is 6.57. The Kier molecular flexibility index (Phi) is 7.53. The molecular weight excluding hydrogens is 226 g/mol. The third-order valence-electron chi connectivity index (χ3n) is 2.58. The van der Waals surface area contributed by atoms with Gasteiger partial charge >= 0.3 is 5.97 Å². The number of nitrogens with one attached hydrogen (secondary N) is 1. The van der Waals surface area contributed by atoms with Gasteiger partial charge < -0.3 is 10.1 Å². The molecule has 0 saturated heterocycles. The lowest BCUT2D eigenvalue weighted by molar-refractivity contribution is -0.158. The summed E-state index contributed by atoms with van der Waals surface area (Å²) in [6.07, 6.45) is 2.88. The lowest BCUT2D eigenvalue weighted by Crippen LogP contribution is -2.45. The van der Waals surface area contributed by atoms with E-state index in [4.69, 9.17) is 4.74 Å².